The van der Waals surface area contributed by atoms with Gasteiger partial charge in [-0.05, 0) is 24.5 Å². The Morgan fingerprint density at radius 1 is 1.29 bits per heavy atom. The first-order chi connectivity index (χ1) is 11.6. The summed E-state index contributed by atoms with van der Waals surface area (Å²) in [7, 11) is 0. The van der Waals surface area contributed by atoms with E-state index in [4.69, 9.17) is 5.73 Å². The van der Waals surface area contributed by atoms with Gasteiger partial charge in [-0.25, -0.2) is 9.97 Å². The average Bonchev–Trinajstić information content (AvgIpc) is 3.11. The van der Waals surface area contributed by atoms with E-state index in [9.17, 15) is 9.59 Å². The third kappa shape index (κ3) is 3.48. The van der Waals surface area contributed by atoms with Crippen LogP contribution in [0, 0.1) is 0 Å². The second kappa shape index (κ2) is 7.03. The van der Waals surface area contributed by atoms with E-state index in [-0.39, 0.29) is 5.91 Å². The molecular formula is C16H18N6O2. The normalized spacial score (nSPS) is 16.8. The number of nitrogens with zero attached hydrogens (tertiary/aromatic N) is 4. The minimum Gasteiger partial charge on any atom is -0.368 e. The van der Waals surface area contributed by atoms with Crippen LogP contribution >= 0.6 is 0 Å². The molecule has 0 bridgehead atoms. The molecule has 24 heavy (non-hydrogen) atoms. The molecule has 8 nitrogen and oxygen atoms in total. The highest BCUT2D eigenvalue weighted by Gasteiger charge is 2.33. The van der Waals surface area contributed by atoms with E-state index in [2.05, 4.69) is 20.3 Å². The monoisotopic (exact) mass is 326 g/mol. The van der Waals surface area contributed by atoms with Gasteiger partial charge in [-0.1, -0.05) is 6.07 Å². The van der Waals surface area contributed by atoms with Crippen LogP contribution in [0.4, 0.5) is 5.95 Å². The summed E-state index contributed by atoms with van der Waals surface area (Å²) in [6.45, 7) is 1.06. The lowest BCUT2D eigenvalue weighted by Crippen LogP contribution is -2.43. The molecule has 3 N–H and O–H groups in total. The zero-order valence-corrected chi connectivity index (χ0v) is 13.1. The molecule has 0 aromatic carbocycles. The van der Waals surface area contributed by atoms with Crippen molar-refractivity contribution >= 4 is 17.8 Å². The van der Waals surface area contributed by atoms with Crippen molar-refractivity contribution in [2.24, 2.45) is 5.73 Å². The molecule has 1 fully saturated rings. The first kappa shape index (κ1) is 15.9. The number of aromatic nitrogens is 3. The fraction of sp³-hybridized carbons (Fsp3) is 0.312. The highest BCUT2D eigenvalue weighted by atomic mass is 16.2. The van der Waals surface area contributed by atoms with Gasteiger partial charge in [0.05, 0.1) is 5.56 Å². The number of carbonyl (C=O) groups is 2. The van der Waals surface area contributed by atoms with Crippen molar-refractivity contribution in [1.82, 2.24) is 19.9 Å². The summed E-state index contributed by atoms with van der Waals surface area (Å²) in [6, 6.07) is 3.25. The van der Waals surface area contributed by atoms with Crippen molar-refractivity contribution in [2.75, 3.05) is 11.9 Å². The Morgan fingerprint density at radius 2 is 2.08 bits per heavy atom. The number of amides is 2. The number of anilines is 1. The topological polar surface area (TPSA) is 114 Å². The molecule has 0 radical (unpaired) electrons. The summed E-state index contributed by atoms with van der Waals surface area (Å²) in [5.74, 6) is -0.324. The quantitative estimate of drug-likeness (QED) is 0.830. The molecule has 1 saturated heterocycles. The first-order valence-corrected chi connectivity index (χ1v) is 7.70. The molecule has 2 amide bonds. The summed E-state index contributed by atoms with van der Waals surface area (Å²) in [5.41, 5.74) is 6.69. The van der Waals surface area contributed by atoms with E-state index < -0.39 is 11.9 Å². The number of nitrogens with one attached hydrogen (secondary N) is 1. The van der Waals surface area contributed by atoms with Crippen molar-refractivity contribution < 1.29 is 9.59 Å². The number of nitrogens with two attached hydrogens (primary N) is 1. The Morgan fingerprint density at radius 3 is 2.75 bits per heavy atom. The molecule has 124 valence electrons. The predicted octanol–water partition coefficient (Wildman–Crippen LogP) is 0.574. The van der Waals surface area contributed by atoms with Crippen LogP contribution < -0.4 is 11.1 Å². The lowest BCUT2D eigenvalue weighted by Gasteiger charge is -2.21. The van der Waals surface area contributed by atoms with E-state index in [1.54, 1.807) is 12.4 Å². The van der Waals surface area contributed by atoms with Gasteiger partial charge in [0, 0.05) is 37.9 Å². The number of carbonyl (C=O) groups excluding carboxylic acids is 2. The summed E-state index contributed by atoms with van der Waals surface area (Å²) in [4.78, 5) is 37.7. The summed E-state index contributed by atoms with van der Waals surface area (Å²) >= 11 is 0. The Kier molecular flexibility index (Phi) is 4.64. The number of primary amides is 1. The maximum atomic E-state index is 12.5. The molecule has 0 spiro atoms. The van der Waals surface area contributed by atoms with Gasteiger partial charge in [-0.2, -0.15) is 0 Å². The summed E-state index contributed by atoms with van der Waals surface area (Å²) in [5, 5.41) is 3.06. The highest BCUT2D eigenvalue weighted by Crippen LogP contribution is 2.19. The van der Waals surface area contributed by atoms with Crippen molar-refractivity contribution in [1.29, 1.82) is 0 Å². The Bertz CT molecular complexity index is 719. The standard InChI is InChI=1S/C16H18N6O2/c17-14(23)13-4-2-6-22(13)15(24)12-9-20-16(21-10-12)19-8-11-3-1-5-18-7-11/h1,3,5,7,9-10,13H,2,4,6,8H2,(H2,17,23)(H,19,20,21)/t13-/m0/s1. The molecule has 1 aliphatic rings. The van der Waals surface area contributed by atoms with Crippen LogP contribution in [0.5, 0.6) is 0 Å². The molecule has 0 saturated carbocycles. The average molecular weight is 326 g/mol. The molecule has 3 heterocycles. The number of hydrogen-bond donors (Lipinski definition) is 2. The van der Waals surface area contributed by atoms with Gasteiger partial charge in [-0.3, -0.25) is 14.6 Å². The van der Waals surface area contributed by atoms with Gasteiger partial charge < -0.3 is 16.0 Å². The van der Waals surface area contributed by atoms with Crippen LogP contribution in [0.1, 0.15) is 28.8 Å². The zero-order chi connectivity index (χ0) is 16.9. The lowest BCUT2D eigenvalue weighted by atomic mass is 10.2. The fourth-order valence-corrected chi connectivity index (χ4v) is 2.68. The van der Waals surface area contributed by atoms with E-state index in [1.807, 2.05) is 12.1 Å². The van der Waals surface area contributed by atoms with E-state index >= 15 is 0 Å². The Labute approximate surface area is 139 Å². The molecule has 1 atom stereocenters. The van der Waals surface area contributed by atoms with Gasteiger partial charge in [0.25, 0.3) is 5.91 Å². The minimum absolute atomic E-state index is 0.268. The zero-order valence-electron chi connectivity index (χ0n) is 13.1. The van der Waals surface area contributed by atoms with Crippen LogP contribution in [0.2, 0.25) is 0 Å². The van der Waals surface area contributed by atoms with Crippen molar-refractivity contribution in [3.8, 4) is 0 Å². The van der Waals surface area contributed by atoms with E-state index in [0.717, 1.165) is 12.0 Å². The molecule has 2 aromatic heterocycles. The maximum absolute atomic E-state index is 12.5. The third-order valence-electron chi connectivity index (χ3n) is 3.91. The largest absolute Gasteiger partial charge is 0.368 e. The minimum atomic E-state index is -0.541. The second-order valence-corrected chi connectivity index (χ2v) is 5.57. The van der Waals surface area contributed by atoms with Crippen molar-refractivity contribution in [3.63, 3.8) is 0 Å². The maximum Gasteiger partial charge on any atom is 0.257 e. The molecule has 2 aromatic rings. The van der Waals surface area contributed by atoms with Crippen LogP contribution in [0.3, 0.4) is 0 Å². The first-order valence-electron chi connectivity index (χ1n) is 7.70. The van der Waals surface area contributed by atoms with E-state index in [1.165, 1.54) is 17.3 Å². The van der Waals surface area contributed by atoms with Crippen LogP contribution in [0.15, 0.2) is 36.9 Å². The van der Waals surface area contributed by atoms with Crippen molar-refractivity contribution in [2.45, 2.75) is 25.4 Å². The molecule has 1 aliphatic heterocycles. The van der Waals surface area contributed by atoms with Gasteiger partial charge in [0.2, 0.25) is 11.9 Å². The molecular weight excluding hydrogens is 308 g/mol. The second-order valence-electron chi connectivity index (χ2n) is 5.57. The number of pyridine rings is 1. The summed E-state index contributed by atoms with van der Waals surface area (Å²) in [6.07, 6.45) is 7.74. The Balaban J connectivity index is 1.63. The molecule has 3 rings (SSSR count). The fourth-order valence-electron chi connectivity index (χ4n) is 2.68. The SMILES string of the molecule is NC(=O)[C@@H]1CCCN1C(=O)c1cnc(NCc2cccnc2)nc1. The molecule has 0 aliphatic carbocycles. The molecule has 0 unspecified atom stereocenters. The highest BCUT2D eigenvalue weighted by molar-refractivity contribution is 5.97. The smallest absolute Gasteiger partial charge is 0.257 e. The lowest BCUT2D eigenvalue weighted by molar-refractivity contribution is -0.121. The van der Waals surface area contributed by atoms with Crippen LogP contribution in [-0.2, 0) is 11.3 Å². The van der Waals surface area contributed by atoms with Crippen LogP contribution in [0.25, 0.3) is 0 Å². The Hall–Kier alpha value is -3.03. The van der Waals surface area contributed by atoms with Gasteiger partial charge in [0.15, 0.2) is 0 Å². The predicted molar refractivity (Wildman–Crippen MR) is 86.8 cm³/mol. The van der Waals surface area contributed by atoms with Gasteiger partial charge in [0.1, 0.15) is 6.04 Å². The number of likely N-dealkylation sites (tertiary alicyclic amines) is 1. The summed E-state index contributed by atoms with van der Waals surface area (Å²) < 4.78 is 0. The van der Waals surface area contributed by atoms with E-state index in [0.29, 0.717) is 31.0 Å². The van der Waals surface area contributed by atoms with Crippen molar-refractivity contribution in [3.05, 3.63) is 48.0 Å². The number of hydrogen-bond acceptors (Lipinski definition) is 6. The molecule has 8 heteroatoms. The number of rotatable bonds is 5. The third-order valence-corrected chi connectivity index (χ3v) is 3.91. The van der Waals surface area contributed by atoms with Gasteiger partial charge >= 0.3 is 0 Å². The van der Waals surface area contributed by atoms with Crippen LogP contribution in [-0.4, -0.2) is 44.3 Å². The van der Waals surface area contributed by atoms with Gasteiger partial charge in [-0.15, -0.1) is 0 Å².